The fourth-order valence-corrected chi connectivity index (χ4v) is 2.53. The predicted molar refractivity (Wildman–Crippen MR) is 71.1 cm³/mol. The molecule has 4 nitrogen and oxygen atoms in total. The standard InChI is InChI=1S/C12H18BrN3O/c1-9-11(13)12(17)16(8-15-9)7-4-10-2-5-14-6-3-10/h8,10,14H,2-7H2,1H3. The average molecular weight is 300 g/mol. The molecule has 2 rings (SSSR count). The van der Waals surface area contributed by atoms with Gasteiger partial charge >= 0.3 is 0 Å². The largest absolute Gasteiger partial charge is 0.317 e. The van der Waals surface area contributed by atoms with Crippen LogP contribution in [0, 0.1) is 12.8 Å². The minimum Gasteiger partial charge on any atom is -0.317 e. The first-order chi connectivity index (χ1) is 8.18. The summed E-state index contributed by atoms with van der Waals surface area (Å²) < 4.78 is 2.30. The summed E-state index contributed by atoms with van der Waals surface area (Å²) in [6, 6.07) is 0. The van der Waals surface area contributed by atoms with E-state index in [0.29, 0.717) is 4.47 Å². The molecule has 1 aromatic heterocycles. The van der Waals surface area contributed by atoms with Gasteiger partial charge in [-0.2, -0.15) is 0 Å². The molecule has 1 N–H and O–H groups in total. The molecule has 0 aliphatic carbocycles. The second kappa shape index (κ2) is 5.78. The summed E-state index contributed by atoms with van der Waals surface area (Å²) in [7, 11) is 0. The van der Waals surface area contributed by atoms with Crippen molar-refractivity contribution in [3.8, 4) is 0 Å². The van der Waals surface area contributed by atoms with Crippen LogP contribution in [0.1, 0.15) is 25.0 Å². The monoisotopic (exact) mass is 299 g/mol. The highest BCUT2D eigenvalue weighted by Crippen LogP contribution is 2.16. The third kappa shape index (κ3) is 3.16. The van der Waals surface area contributed by atoms with E-state index in [9.17, 15) is 4.79 Å². The summed E-state index contributed by atoms with van der Waals surface area (Å²) in [6.45, 7) is 4.82. The smallest absolute Gasteiger partial charge is 0.267 e. The normalized spacial score (nSPS) is 17.3. The van der Waals surface area contributed by atoms with Crippen LogP contribution in [0.15, 0.2) is 15.6 Å². The molecule has 5 heteroatoms. The van der Waals surface area contributed by atoms with Crippen molar-refractivity contribution in [3.05, 3.63) is 26.8 Å². The number of aryl methyl sites for hydroxylation is 2. The van der Waals surface area contributed by atoms with Gasteiger partial charge in [-0.25, -0.2) is 4.98 Å². The summed E-state index contributed by atoms with van der Waals surface area (Å²) in [5.74, 6) is 0.739. The van der Waals surface area contributed by atoms with E-state index in [4.69, 9.17) is 0 Å². The molecule has 94 valence electrons. The Labute approximate surface area is 110 Å². The van der Waals surface area contributed by atoms with Gasteiger partial charge in [-0.1, -0.05) is 0 Å². The van der Waals surface area contributed by atoms with Gasteiger partial charge in [0.15, 0.2) is 0 Å². The molecule has 0 amide bonds. The maximum Gasteiger partial charge on any atom is 0.267 e. The fourth-order valence-electron chi connectivity index (χ4n) is 2.20. The summed E-state index contributed by atoms with van der Waals surface area (Å²) >= 11 is 3.29. The SMILES string of the molecule is Cc1ncn(CCC2CCNCC2)c(=O)c1Br. The lowest BCUT2D eigenvalue weighted by Gasteiger charge is -2.22. The van der Waals surface area contributed by atoms with E-state index in [1.165, 1.54) is 12.8 Å². The van der Waals surface area contributed by atoms with Crippen molar-refractivity contribution in [2.24, 2.45) is 5.92 Å². The van der Waals surface area contributed by atoms with E-state index in [1.54, 1.807) is 10.9 Å². The van der Waals surface area contributed by atoms with Gasteiger partial charge in [-0.15, -0.1) is 0 Å². The number of piperidine rings is 1. The van der Waals surface area contributed by atoms with Crippen molar-refractivity contribution in [2.45, 2.75) is 32.7 Å². The molecule has 2 heterocycles. The molecule has 1 saturated heterocycles. The van der Waals surface area contributed by atoms with Crippen LogP contribution in [0.5, 0.6) is 0 Å². The van der Waals surface area contributed by atoms with Gasteiger partial charge in [0.2, 0.25) is 0 Å². The molecule has 0 spiro atoms. The van der Waals surface area contributed by atoms with Crippen LogP contribution in [-0.2, 0) is 6.54 Å². The molecule has 1 aliphatic rings. The first kappa shape index (κ1) is 12.8. The van der Waals surface area contributed by atoms with E-state index < -0.39 is 0 Å². The zero-order chi connectivity index (χ0) is 12.3. The van der Waals surface area contributed by atoms with Crippen LogP contribution in [0.2, 0.25) is 0 Å². The minimum atomic E-state index is 0.0337. The van der Waals surface area contributed by atoms with Crippen molar-refractivity contribution in [3.63, 3.8) is 0 Å². The van der Waals surface area contributed by atoms with Crippen molar-refractivity contribution < 1.29 is 0 Å². The zero-order valence-electron chi connectivity index (χ0n) is 10.1. The molecular formula is C12H18BrN3O. The highest BCUT2D eigenvalue weighted by atomic mass is 79.9. The lowest BCUT2D eigenvalue weighted by atomic mass is 9.95. The zero-order valence-corrected chi connectivity index (χ0v) is 11.7. The highest BCUT2D eigenvalue weighted by Gasteiger charge is 2.13. The highest BCUT2D eigenvalue weighted by molar-refractivity contribution is 9.10. The van der Waals surface area contributed by atoms with E-state index in [2.05, 4.69) is 26.2 Å². The number of hydrogen-bond donors (Lipinski definition) is 1. The van der Waals surface area contributed by atoms with Gasteiger partial charge in [0, 0.05) is 6.54 Å². The van der Waals surface area contributed by atoms with Crippen LogP contribution < -0.4 is 10.9 Å². The lowest BCUT2D eigenvalue weighted by Crippen LogP contribution is -2.29. The topological polar surface area (TPSA) is 46.9 Å². The molecule has 17 heavy (non-hydrogen) atoms. The van der Waals surface area contributed by atoms with Crippen LogP contribution in [0.4, 0.5) is 0 Å². The molecule has 0 radical (unpaired) electrons. The van der Waals surface area contributed by atoms with Crippen LogP contribution in [0.3, 0.4) is 0 Å². The Balaban J connectivity index is 1.99. The number of hydrogen-bond acceptors (Lipinski definition) is 3. The van der Waals surface area contributed by atoms with Gasteiger partial charge < -0.3 is 5.32 Å². The maximum atomic E-state index is 11.9. The third-order valence-electron chi connectivity index (χ3n) is 3.39. The number of rotatable bonds is 3. The maximum absolute atomic E-state index is 11.9. The molecule has 0 atom stereocenters. The van der Waals surface area contributed by atoms with Crippen molar-refractivity contribution >= 4 is 15.9 Å². The summed E-state index contributed by atoms with van der Waals surface area (Å²) in [5, 5.41) is 3.35. The van der Waals surface area contributed by atoms with Gasteiger partial charge in [-0.3, -0.25) is 9.36 Å². The van der Waals surface area contributed by atoms with Gasteiger partial charge in [0.1, 0.15) is 4.47 Å². The number of nitrogens with zero attached hydrogens (tertiary/aromatic N) is 2. The Morgan fingerprint density at radius 1 is 1.53 bits per heavy atom. The summed E-state index contributed by atoms with van der Waals surface area (Å²) in [5.41, 5.74) is 0.791. The molecule has 1 aliphatic heterocycles. The molecule has 0 unspecified atom stereocenters. The quantitative estimate of drug-likeness (QED) is 0.924. The second-order valence-corrected chi connectivity index (χ2v) is 5.42. The number of halogens is 1. The Morgan fingerprint density at radius 2 is 2.24 bits per heavy atom. The third-order valence-corrected chi connectivity index (χ3v) is 4.31. The van der Waals surface area contributed by atoms with Crippen molar-refractivity contribution in [1.29, 1.82) is 0 Å². The van der Waals surface area contributed by atoms with Gasteiger partial charge in [0.25, 0.3) is 5.56 Å². The Kier molecular flexibility index (Phi) is 4.34. The number of nitrogens with one attached hydrogen (secondary N) is 1. The molecule has 1 fully saturated rings. The van der Waals surface area contributed by atoms with E-state index in [0.717, 1.165) is 37.7 Å². The summed E-state index contributed by atoms with van der Waals surface area (Å²) in [4.78, 5) is 16.1. The second-order valence-electron chi connectivity index (χ2n) is 4.62. The average Bonchev–Trinajstić information content (AvgIpc) is 2.36. The fraction of sp³-hybridized carbons (Fsp3) is 0.667. The first-order valence-corrected chi connectivity index (χ1v) is 6.90. The van der Waals surface area contributed by atoms with Gasteiger partial charge in [0.05, 0.1) is 12.0 Å². The predicted octanol–water partition coefficient (Wildman–Crippen LogP) is 1.70. The van der Waals surface area contributed by atoms with E-state index in [-0.39, 0.29) is 5.56 Å². The first-order valence-electron chi connectivity index (χ1n) is 6.10. The Morgan fingerprint density at radius 3 is 2.94 bits per heavy atom. The van der Waals surface area contributed by atoms with Crippen molar-refractivity contribution in [1.82, 2.24) is 14.9 Å². The molecule has 0 aromatic carbocycles. The van der Waals surface area contributed by atoms with Crippen LogP contribution in [-0.4, -0.2) is 22.6 Å². The van der Waals surface area contributed by atoms with Gasteiger partial charge in [-0.05, 0) is 61.1 Å². The van der Waals surface area contributed by atoms with E-state index in [1.807, 2.05) is 6.92 Å². The molecular weight excluding hydrogens is 282 g/mol. The molecule has 0 bridgehead atoms. The summed E-state index contributed by atoms with van der Waals surface area (Å²) in [6.07, 6.45) is 5.16. The van der Waals surface area contributed by atoms with E-state index >= 15 is 0 Å². The molecule has 0 saturated carbocycles. The molecule has 1 aromatic rings. The Bertz CT molecular complexity index is 438. The lowest BCUT2D eigenvalue weighted by molar-refractivity contribution is 0.335. The van der Waals surface area contributed by atoms with Crippen molar-refractivity contribution in [2.75, 3.05) is 13.1 Å². The van der Waals surface area contributed by atoms with Crippen LogP contribution in [0.25, 0.3) is 0 Å². The Hall–Kier alpha value is -0.680. The minimum absolute atomic E-state index is 0.0337. The number of aromatic nitrogens is 2. The van der Waals surface area contributed by atoms with Crippen LogP contribution >= 0.6 is 15.9 Å².